The van der Waals surface area contributed by atoms with Crippen LogP contribution in [0.5, 0.6) is 0 Å². The van der Waals surface area contributed by atoms with Gasteiger partial charge in [0.25, 0.3) is 0 Å². The van der Waals surface area contributed by atoms with E-state index in [2.05, 4.69) is 27.1 Å². The molecule has 0 amide bonds. The molecule has 1 aromatic heterocycles. The summed E-state index contributed by atoms with van der Waals surface area (Å²) in [4.78, 5) is 11.5. The molecule has 3 rings (SSSR count). The first-order valence-corrected chi connectivity index (χ1v) is 8.59. The highest BCUT2D eigenvalue weighted by atomic mass is 35.5. The molecule has 0 saturated carbocycles. The Balaban J connectivity index is 1.83. The lowest BCUT2D eigenvalue weighted by atomic mass is 10.0. The van der Waals surface area contributed by atoms with Gasteiger partial charge in [-0.15, -0.1) is 0 Å². The highest BCUT2D eigenvalue weighted by Crippen LogP contribution is 2.27. The van der Waals surface area contributed by atoms with Gasteiger partial charge < -0.3 is 10.2 Å². The summed E-state index contributed by atoms with van der Waals surface area (Å²) in [7, 11) is 0. The zero-order chi connectivity index (χ0) is 16.4. The molecular formula is C17H20Cl2N4. The summed E-state index contributed by atoms with van der Waals surface area (Å²) in [5.41, 5.74) is 1.76. The molecule has 1 fully saturated rings. The third-order valence-electron chi connectivity index (χ3n) is 4.00. The predicted molar refractivity (Wildman–Crippen MR) is 97.1 cm³/mol. The molecule has 23 heavy (non-hydrogen) atoms. The second-order valence-corrected chi connectivity index (χ2v) is 6.95. The third kappa shape index (κ3) is 4.06. The van der Waals surface area contributed by atoms with Gasteiger partial charge in [0.2, 0.25) is 5.95 Å². The number of halogens is 2. The molecule has 0 spiro atoms. The van der Waals surface area contributed by atoms with E-state index in [1.54, 1.807) is 12.1 Å². The molecule has 1 unspecified atom stereocenters. The average Bonchev–Trinajstić information content (AvgIpc) is 2.50. The molecule has 4 nitrogen and oxygen atoms in total. The van der Waals surface area contributed by atoms with Crippen LogP contribution in [0.2, 0.25) is 10.0 Å². The maximum absolute atomic E-state index is 6.06. The van der Waals surface area contributed by atoms with Crippen LogP contribution in [0.1, 0.15) is 25.5 Å². The lowest BCUT2D eigenvalue weighted by molar-refractivity contribution is 0.444. The van der Waals surface area contributed by atoms with Crippen LogP contribution >= 0.6 is 23.2 Å². The zero-order valence-electron chi connectivity index (χ0n) is 13.3. The van der Waals surface area contributed by atoms with Crippen LogP contribution in [0.3, 0.4) is 0 Å². The van der Waals surface area contributed by atoms with Crippen LogP contribution in [0.4, 0.5) is 17.5 Å². The Bertz CT molecular complexity index is 705. The molecule has 6 heteroatoms. The molecule has 1 aliphatic heterocycles. The minimum atomic E-state index is 0.509. The van der Waals surface area contributed by atoms with Gasteiger partial charge in [0.15, 0.2) is 0 Å². The first-order valence-electron chi connectivity index (χ1n) is 7.84. The number of nitrogens with zero attached hydrogens (tertiary/aromatic N) is 3. The van der Waals surface area contributed by atoms with E-state index in [1.165, 1.54) is 12.8 Å². The fourth-order valence-electron chi connectivity index (χ4n) is 2.87. The highest BCUT2D eigenvalue weighted by molar-refractivity contribution is 6.42. The quantitative estimate of drug-likeness (QED) is 0.838. The van der Waals surface area contributed by atoms with Crippen LogP contribution in [-0.2, 0) is 0 Å². The Morgan fingerprint density at radius 1 is 1.17 bits per heavy atom. The molecular weight excluding hydrogens is 331 g/mol. The maximum Gasteiger partial charge on any atom is 0.229 e. The van der Waals surface area contributed by atoms with Gasteiger partial charge in [-0.05, 0) is 43.9 Å². The summed E-state index contributed by atoms with van der Waals surface area (Å²) in [5.74, 6) is 2.26. The van der Waals surface area contributed by atoms with E-state index in [-0.39, 0.29) is 0 Å². The number of rotatable bonds is 3. The lowest BCUT2D eigenvalue weighted by Crippen LogP contribution is -2.35. The van der Waals surface area contributed by atoms with Crippen molar-refractivity contribution in [2.24, 2.45) is 5.92 Å². The molecule has 1 saturated heterocycles. The molecule has 2 aromatic rings. The van der Waals surface area contributed by atoms with Gasteiger partial charge >= 0.3 is 0 Å². The number of piperidine rings is 1. The average molecular weight is 351 g/mol. The first-order chi connectivity index (χ1) is 11.0. The number of aryl methyl sites for hydroxylation is 1. The minimum Gasteiger partial charge on any atom is -0.356 e. The van der Waals surface area contributed by atoms with E-state index in [0.29, 0.717) is 21.9 Å². The van der Waals surface area contributed by atoms with E-state index < -0.39 is 0 Å². The largest absolute Gasteiger partial charge is 0.356 e. The Labute approximate surface area is 146 Å². The fraction of sp³-hybridized carbons (Fsp3) is 0.412. The van der Waals surface area contributed by atoms with Gasteiger partial charge in [0.1, 0.15) is 5.82 Å². The van der Waals surface area contributed by atoms with Gasteiger partial charge in [-0.2, -0.15) is 4.98 Å². The molecule has 0 aliphatic carbocycles. The molecule has 122 valence electrons. The highest BCUT2D eigenvalue weighted by Gasteiger charge is 2.18. The van der Waals surface area contributed by atoms with Gasteiger partial charge in [0, 0.05) is 30.5 Å². The number of aromatic nitrogens is 2. The van der Waals surface area contributed by atoms with Crippen LogP contribution in [0.15, 0.2) is 24.3 Å². The number of anilines is 3. The smallest absolute Gasteiger partial charge is 0.229 e. The van der Waals surface area contributed by atoms with Crippen LogP contribution in [0, 0.1) is 12.8 Å². The van der Waals surface area contributed by atoms with Crippen molar-refractivity contribution in [2.45, 2.75) is 26.7 Å². The first kappa shape index (κ1) is 16.3. The van der Waals surface area contributed by atoms with Crippen LogP contribution in [-0.4, -0.2) is 23.1 Å². The summed E-state index contributed by atoms with van der Waals surface area (Å²) >= 11 is 12.0. The summed E-state index contributed by atoms with van der Waals surface area (Å²) in [6, 6.07) is 7.44. The van der Waals surface area contributed by atoms with Crippen molar-refractivity contribution in [3.63, 3.8) is 0 Å². The van der Waals surface area contributed by atoms with E-state index in [9.17, 15) is 0 Å². The second-order valence-electron chi connectivity index (χ2n) is 6.14. The molecule has 1 aromatic carbocycles. The Morgan fingerprint density at radius 3 is 2.74 bits per heavy atom. The third-order valence-corrected chi connectivity index (χ3v) is 4.74. The Morgan fingerprint density at radius 2 is 2.00 bits per heavy atom. The second kappa shape index (κ2) is 6.93. The Hall–Kier alpha value is -1.52. The van der Waals surface area contributed by atoms with Crippen molar-refractivity contribution >= 4 is 40.7 Å². The predicted octanol–water partition coefficient (Wildman–Crippen LogP) is 5.07. The van der Waals surface area contributed by atoms with Crippen molar-refractivity contribution in [3.8, 4) is 0 Å². The summed E-state index contributed by atoms with van der Waals surface area (Å²) in [6.45, 7) is 6.36. The van der Waals surface area contributed by atoms with Crippen molar-refractivity contribution in [3.05, 3.63) is 40.0 Å². The van der Waals surface area contributed by atoms with E-state index in [1.807, 2.05) is 19.1 Å². The van der Waals surface area contributed by atoms with Gasteiger partial charge in [-0.3, -0.25) is 0 Å². The van der Waals surface area contributed by atoms with E-state index in [4.69, 9.17) is 23.2 Å². The zero-order valence-corrected chi connectivity index (χ0v) is 14.8. The monoisotopic (exact) mass is 350 g/mol. The van der Waals surface area contributed by atoms with E-state index in [0.717, 1.165) is 30.3 Å². The van der Waals surface area contributed by atoms with Crippen LogP contribution < -0.4 is 10.2 Å². The minimum absolute atomic E-state index is 0.509. The fourth-order valence-corrected chi connectivity index (χ4v) is 3.17. The molecule has 1 aliphatic rings. The van der Waals surface area contributed by atoms with E-state index >= 15 is 0 Å². The lowest BCUT2D eigenvalue weighted by Gasteiger charge is -2.32. The molecule has 1 N–H and O–H groups in total. The molecule has 1 atom stereocenters. The molecule has 0 radical (unpaired) electrons. The normalized spacial score (nSPS) is 18.1. The van der Waals surface area contributed by atoms with Crippen molar-refractivity contribution in [1.29, 1.82) is 0 Å². The van der Waals surface area contributed by atoms with Crippen molar-refractivity contribution in [2.75, 3.05) is 23.3 Å². The SMILES string of the molecule is Cc1cc(N2CCCC(C)C2)nc(Nc2ccc(Cl)c(Cl)c2)n1. The summed E-state index contributed by atoms with van der Waals surface area (Å²) in [5, 5.41) is 4.25. The number of hydrogen-bond acceptors (Lipinski definition) is 4. The van der Waals surface area contributed by atoms with Gasteiger partial charge in [0.05, 0.1) is 10.0 Å². The summed E-state index contributed by atoms with van der Waals surface area (Å²) in [6.07, 6.45) is 2.49. The summed E-state index contributed by atoms with van der Waals surface area (Å²) < 4.78 is 0. The molecule has 2 heterocycles. The topological polar surface area (TPSA) is 41.1 Å². The van der Waals surface area contributed by atoms with Crippen LogP contribution in [0.25, 0.3) is 0 Å². The maximum atomic E-state index is 6.06. The number of hydrogen-bond donors (Lipinski definition) is 1. The number of nitrogens with one attached hydrogen (secondary N) is 1. The van der Waals surface area contributed by atoms with Gasteiger partial charge in [-0.25, -0.2) is 4.98 Å². The van der Waals surface area contributed by atoms with Gasteiger partial charge in [-0.1, -0.05) is 30.1 Å². The van der Waals surface area contributed by atoms with Crippen molar-refractivity contribution < 1.29 is 0 Å². The molecule has 0 bridgehead atoms. The number of benzene rings is 1. The standard InChI is InChI=1S/C17H20Cl2N4/c1-11-4-3-7-23(10-11)16-8-12(2)20-17(22-16)21-13-5-6-14(18)15(19)9-13/h5-6,8-9,11H,3-4,7,10H2,1-2H3,(H,20,21,22). The Kier molecular flexibility index (Phi) is 4.93. The van der Waals surface area contributed by atoms with Crippen molar-refractivity contribution in [1.82, 2.24) is 9.97 Å².